The average molecular weight is 217 g/mol. The SMILES string of the molecule is CCC(=O)N1C2CCC1c1cncnc1C2. The van der Waals surface area contributed by atoms with E-state index in [1.54, 1.807) is 6.33 Å². The molecule has 1 amide bonds. The Labute approximate surface area is 94.7 Å². The molecule has 0 aromatic carbocycles. The Morgan fingerprint density at radius 1 is 1.56 bits per heavy atom. The maximum atomic E-state index is 11.9. The highest BCUT2D eigenvalue weighted by Gasteiger charge is 2.42. The van der Waals surface area contributed by atoms with Crippen molar-refractivity contribution in [2.24, 2.45) is 0 Å². The molecule has 2 unspecified atom stereocenters. The van der Waals surface area contributed by atoms with E-state index in [-0.39, 0.29) is 11.9 Å². The van der Waals surface area contributed by atoms with Gasteiger partial charge in [-0.15, -0.1) is 0 Å². The Bertz CT molecular complexity index is 432. The summed E-state index contributed by atoms with van der Waals surface area (Å²) in [5.74, 6) is 0.266. The first-order chi connectivity index (χ1) is 7.81. The molecule has 2 atom stereocenters. The molecule has 0 radical (unpaired) electrons. The fourth-order valence-electron chi connectivity index (χ4n) is 2.99. The highest BCUT2D eigenvalue weighted by atomic mass is 16.2. The van der Waals surface area contributed by atoms with Crippen molar-refractivity contribution in [3.63, 3.8) is 0 Å². The predicted octanol–water partition coefficient (Wildman–Crippen LogP) is 1.47. The van der Waals surface area contributed by atoms with E-state index in [2.05, 4.69) is 14.9 Å². The lowest BCUT2D eigenvalue weighted by Crippen LogP contribution is -2.41. The van der Waals surface area contributed by atoms with Gasteiger partial charge in [0.25, 0.3) is 0 Å². The molecular weight excluding hydrogens is 202 g/mol. The third kappa shape index (κ3) is 1.25. The maximum absolute atomic E-state index is 11.9. The van der Waals surface area contributed by atoms with Crippen LogP contribution in [-0.4, -0.2) is 26.8 Å². The van der Waals surface area contributed by atoms with Gasteiger partial charge in [0.15, 0.2) is 0 Å². The van der Waals surface area contributed by atoms with Crippen molar-refractivity contribution in [3.8, 4) is 0 Å². The van der Waals surface area contributed by atoms with Crippen LogP contribution in [0.2, 0.25) is 0 Å². The molecule has 0 spiro atoms. The zero-order chi connectivity index (χ0) is 11.1. The number of nitrogens with zero attached hydrogens (tertiary/aromatic N) is 3. The topological polar surface area (TPSA) is 46.1 Å². The summed E-state index contributed by atoms with van der Waals surface area (Å²) < 4.78 is 0. The summed E-state index contributed by atoms with van der Waals surface area (Å²) in [6.07, 6.45) is 7.15. The number of carbonyl (C=O) groups is 1. The average Bonchev–Trinajstić information content (AvgIpc) is 2.64. The van der Waals surface area contributed by atoms with Crippen molar-refractivity contribution >= 4 is 5.91 Å². The van der Waals surface area contributed by atoms with E-state index in [0.717, 1.165) is 30.5 Å². The van der Waals surface area contributed by atoms with Crippen LogP contribution in [0.4, 0.5) is 0 Å². The Kier molecular flexibility index (Phi) is 2.16. The molecule has 4 heteroatoms. The normalized spacial score (nSPS) is 26.7. The molecule has 3 heterocycles. The van der Waals surface area contributed by atoms with E-state index >= 15 is 0 Å². The number of hydrogen-bond acceptors (Lipinski definition) is 3. The molecule has 0 aliphatic carbocycles. The van der Waals surface area contributed by atoms with Crippen LogP contribution in [0.3, 0.4) is 0 Å². The van der Waals surface area contributed by atoms with E-state index in [1.807, 2.05) is 13.1 Å². The first-order valence-corrected chi connectivity index (χ1v) is 5.91. The van der Waals surface area contributed by atoms with Gasteiger partial charge in [-0.05, 0) is 12.8 Å². The van der Waals surface area contributed by atoms with Crippen LogP contribution < -0.4 is 0 Å². The molecule has 2 bridgehead atoms. The zero-order valence-electron chi connectivity index (χ0n) is 9.39. The van der Waals surface area contributed by atoms with Gasteiger partial charge in [-0.3, -0.25) is 4.79 Å². The van der Waals surface area contributed by atoms with Crippen LogP contribution in [0.5, 0.6) is 0 Å². The fourth-order valence-corrected chi connectivity index (χ4v) is 2.99. The van der Waals surface area contributed by atoms with Crippen LogP contribution in [-0.2, 0) is 11.2 Å². The summed E-state index contributed by atoms with van der Waals surface area (Å²) in [4.78, 5) is 22.4. The second-order valence-electron chi connectivity index (χ2n) is 4.53. The van der Waals surface area contributed by atoms with Crippen LogP contribution in [0.1, 0.15) is 43.5 Å². The Hall–Kier alpha value is -1.45. The molecule has 1 aromatic rings. The van der Waals surface area contributed by atoms with Crippen molar-refractivity contribution < 1.29 is 4.79 Å². The number of fused-ring (bicyclic) bond motifs is 4. The van der Waals surface area contributed by atoms with Gasteiger partial charge in [-0.1, -0.05) is 6.92 Å². The lowest BCUT2D eigenvalue weighted by atomic mass is 9.99. The van der Waals surface area contributed by atoms with Crippen molar-refractivity contribution in [3.05, 3.63) is 23.8 Å². The lowest BCUT2D eigenvalue weighted by Gasteiger charge is -2.35. The van der Waals surface area contributed by atoms with Gasteiger partial charge in [0, 0.05) is 30.6 Å². The molecule has 3 rings (SSSR count). The summed E-state index contributed by atoms with van der Waals surface area (Å²) in [6, 6.07) is 0.613. The summed E-state index contributed by atoms with van der Waals surface area (Å²) in [7, 11) is 0. The van der Waals surface area contributed by atoms with Gasteiger partial charge in [-0.25, -0.2) is 9.97 Å². The van der Waals surface area contributed by atoms with Gasteiger partial charge >= 0.3 is 0 Å². The Balaban J connectivity index is 2.02. The number of carbonyl (C=O) groups excluding carboxylic acids is 1. The van der Waals surface area contributed by atoms with Gasteiger partial charge in [0.1, 0.15) is 6.33 Å². The standard InChI is InChI=1S/C12H15N3O/c1-2-12(16)15-8-3-4-11(15)9-6-13-7-14-10(9)5-8/h6-8,11H,2-5H2,1H3. The number of aromatic nitrogens is 2. The molecule has 0 N–H and O–H groups in total. The first-order valence-electron chi connectivity index (χ1n) is 5.91. The van der Waals surface area contributed by atoms with E-state index in [9.17, 15) is 4.79 Å². The largest absolute Gasteiger partial charge is 0.332 e. The second-order valence-corrected chi connectivity index (χ2v) is 4.53. The highest BCUT2D eigenvalue weighted by Crippen LogP contribution is 2.42. The third-order valence-corrected chi connectivity index (χ3v) is 3.71. The van der Waals surface area contributed by atoms with Crippen molar-refractivity contribution in [1.29, 1.82) is 0 Å². The number of hydrogen-bond donors (Lipinski definition) is 0. The molecule has 1 saturated heterocycles. The minimum atomic E-state index is 0.238. The molecule has 2 aliphatic rings. The van der Waals surface area contributed by atoms with Crippen LogP contribution in [0.25, 0.3) is 0 Å². The summed E-state index contributed by atoms with van der Waals surface area (Å²) in [5, 5.41) is 0. The smallest absolute Gasteiger partial charge is 0.223 e. The third-order valence-electron chi connectivity index (χ3n) is 3.71. The zero-order valence-corrected chi connectivity index (χ0v) is 9.39. The maximum Gasteiger partial charge on any atom is 0.223 e. The van der Waals surface area contributed by atoms with Gasteiger partial charge in [-0.2, -0.15) is 0 Å². The summed E-state index contributed by atoms with van der Waals surface area (Å²) >= 11 is 0. The van der Waals surface area contributed by atoms with Crippen LogP contribution in [0, 0.1) is 0 Å². The van der Waals surface area contributed by atoms with Crippen molar-refractivity contribution in [2.75, 3.05) is 0 Å². The summed E-state index contributed by atoms with van der Waals surface area (Å²) in [6.45, 7) is 1.93. The van der Waals surface area contributed by atoms with Crippen LogP contribution >= 0.6 is 0 Å². The monoisotopic (exact) mass is 217 g/mol. The molecule has 2 aliphatic heterocycles. The van der Waals surface area contributed by atoms with E-state index in [4.69, 9.17) is 0 Å². The number of rotatable bonds is 1. The van der Waals surface area contributed by atoms with E-state index < -0.39 is 0 Å². The first kappa shape index (κ1) is 9.75. The molecule has 1 aromatic heterocycles. The number of amides is 1. The molecule has 84 valence electrons. The van der Waals surface area contributed by atoms with Crippen molar-refractivity contribution in [2.45, 2.75) is 44.7 Å². The van der Waals surface area contributed by atoms with Crippen molar-refractivity contribution in [1.82, 2.24) is 14.9 Å². The minimum absolute atomic E-state index is 0.238. The summed E-state index contributed by atoms with van der Waals surface area (Å²) in [5.41, 5.74) is 2.31. The molecule has 0 saturated carbocycles. The van der Waals surface area contributed by atoms with Gasteiger partial charge in [0.05, 0.1) is 11.7 Å². The highest BCUT2D eigenvalue weighted by molar-refractivity contribution is 5.77. The molecule has 4 nitrogen and oxygen atoms in total. The predicted molar refractivity (Wildman–Crippen MR) is 58.6 cm³/mol. The Morgan fingerprint density at radius 2 is 2.44 bits per heavy atom. The van der Waals surface area contributed by atoms with E-state index in [1.165, 1.54) is 0 Å². The lowest BCUT2D eigenvalue weighted by molar-refractivity contribution is -0.134. The second kappa shape index (κ2) is 3.54. The van der Waals surface area contributed by atoms with Crippen LogP contribution in [0.15, 0.2) is 12.5 Å². The van der Waals surface area contributed by atoms with E-state index in [0.29, 0.717) is 12.5 Å². The molecule has 16 heavy (non-hydrogen) atoms. The molecular formula is C12H15N3O. The van der Waals surface area contributed by atoms with Gasteiger partial charge in [0.2, 0.25) is 5.91 Å². The minimum Gasteiger partial charge on any atom is -0.332 e. The fraction of sp³-hybridized carbons (Fsp3) is 0.583. The molecule has 1 fully saturated rings. The Morgan fingerprint density at radius 3 is 3.25 bits per heavy atom. The quantitative estimate of drug-likeness (QED) is 0.715. The van der Waals surface area contributed by atoms with Gasteiger partial charge < -0.3 is 4.90 Å².